The van der Waals surface area contributed by atoms with Crippen LogP contribution in [0, 0.1) is 11.8 Å². The van der Waals surface area contributed by atoms with E-state index in [1.54, 1.807) is 13.8 Å². The zero-order chi connectivity index (χ0) is 21.7. The van der Waals surface area contributed by atoms with Gasteiger partial charge in [0.1, 0.15) is 0 Å². The van der Waals surface area contributed by atoms with E-state index in [-0.39, 0.29) is 12.5 Å². The van der Waals surface area contributed by atoms with E-state index >= 15 is 0 Å². The van der Waals surface area contributed by atoms with Gasteiger partial charge in [0.25, 0.3) is 10.2 Å². The van der Waals surface area contributed by atoms with Gasteiger partial charge in [-0.3, -0.25) is 0 Å². The average molecular weight is 444 g/mol. The molecule has 2 rings (SSSR count). The van der Waals surface area contributed by atoms with E-state index in [2.05, 4.69) is 34.6 Å². The van der Waals surface area contributed by atoms with Crippen molar-refractivity contribution in [3.8, 4) is 0 Å². The Morgan fingerprint density at radius 3 is 2.24 bits per heavy atom. The Balaban J connectivity index is 1.87. The van der Waals surface area contributed by atoms with Crippen molar-refractivity contribution in [3.05, 3.63) is 41.5 Å². The lowest BCUT2D eigenvalue weighted by Crippen LogP contribution is -2.36. The smallest absolute Gasteiger partial charge is 0.216 e. The van der Waals surface area contributed by atoms with E-state index in [0.717, 1.165) is 24.8 Å². The van der Waals surface area contributed by atoms with E-state index < -0.39 is 25.5 Å². The van der Waals surface area contributed by atoms with Crippen LogP contribution in [-0.2, 0) is 26.7 Å². The van der Waals surface area contributed by atoms with Crippen LogP contribution in [0.4, 0.5) is 0 Å². The lowest BCUT2D eigenvalue weighted by atomic mass is 9.80. The van der Waals surface area contributed by atoms with Gasteiger partial charge in [-0.2, -0.15) is 8.42 Å². The number of hydrogen-bond donors (Lipinski definition) is 3. The summed E-state index contributed by atoms with van der Waals surface area (Å²) in [6.45, 7) is 6.24. The van der Waals surface area contributed by atoms with Crippen molar-refractivity contribution in [2.75, 3.05) is 13.1 Å². The van der Waals surface area contributed by atoms with Crippen molar-refractivity contribution in [2.45, 2.75) is 51.7 Å². The predicted molar refractivity (Wildman–Crippen MR) is 118 cm³/mol. The molecule has 4 N–H and O–H groups in total. The number of allylic oxidation sites excluding steroid dienone is 2. The molecule has 0 bridgehead atoms. The van der Waals surface area contributed by atoms with Crippen LogP contribution < -0.4 is 14.6 Å². The maximum absolute atomic E-state index is 11.9. The van der Waals surface area contributed by atoms with E-state index in [0.29, 0.717) is 18.9 Å². The van der Waals surface area contributed by atoms with Crippen LogP contribution in [0.5, 0.6) is 0 Å². The molecule has 29 heavy (non-hydrogen) atoms. The monoisotopic (exact) mass is 443 g/mol. The molecular formula is C20H33N3O4S2. The molecule has 0 aromatic heterocycles. The van der Waals surface area contributed by atoms with Gasteiger partial charge in [0.2, 0.25) is 10.0 Å². The van der Waals surface area contributed by atoms with Crippen molar-refractivity contribution in [2.24, 2.45) is 17.0 Å². The normalized spacial score (nSPS) is 19.2. The van der Waals surface area contributed by atoms with Gasteiger partial charge >= 0.3 is 0 Å². The fourth-order valence-electron chi connectivity index (χ4n) is 3.44. The maximum atomic E-state index is 11.9. The molecular weight excluding hydrogens is 410 g/mol. The molecule has 1 aliphatic rings. The van der Waals surface area contributed by atoms with Gasteiger partial charge in [0, 0.05) is 13.1 Å². The Labute approximate surface area is 175 Å². The molecule has 1 aromatic rings. The standard InChI is InChI=1S/C20H33N3O4S2/c1-15(2)28(24,25)23-14-16(3)18-8-10-20(11-9-18)19-6-4-17(5-7-19)12-13-22-29(21,26)27/h4-7,10,15-16,18,22-23H,8-9,11-14H2,1-3H3,(H2,21,26,27). The summed E-state index contributed by atoms with van der Waals surface area (Å²) >= 11 is 0. The molecule has 0 aliphatic heterocycles. The molecule has 0 amide bonds. The molecule has 0 heterocycles. The number of nitrogens with two attached hydrogens (primary N) is 1. The van der Waals surface area contributed by atoms with Gasteiger partial charge in [-0.1, -0.05) is 37.3 Å². The molecule has 1 aliphatic carbocycles. The van der Waals surface area contributed by atoms with Crippen LogP contribution in [0.3, 0.4) is 0 Å². The number of benzene rings is 1. The number of sulfonamides is 1. The quantitative estimate of drug-likeness (QED) is 0.513. The van der Waals surface area contributed by atoms with E-state index in [4.69, 9.17) is 5.14 Å². The highest BCUT2D eigenvalue weighted by Crippen LogP contribution is 2.34. The van der Waals surface area contributed by atoms with Gasteiger partial charge in [0.15, 0.2) is 0 Å². The minimum atomic E-state index is -3.65. The minimum Gasteiger partial charge on any atom is -0.216 e. The van der Waals surface area contributed by atoms with E-state index in [1.165, 1.54) is 11.1 Å². The molecule has 0 saturated heterocycles. The minimum absolute atomic E-state index is 0.279. The fraction of sp³-hybridized carbons (Fsp3) is 0.600. The van der Waals surface area contributed by atoms with Gasteiger partial charge in [-0.05, 0) is 68.1 Å². The highest BCUT2D eigenvalue weighted by molar-refractivity contribution is 7.90. The van der Waals surface area contributed by atoms with Crippen molar-refractivity contribution in [1.29, 1.82) is 0 Å². The first-order chi connectivity index (χ1) is 13.5. The third-order valence-electron chi connectivity index (χ3n) is 5.52. The zero-order valence-electron chi connectivity index (χ0n) is 17.4. The third-order valence-corrected chi connectivity index (χ3v) is 7.94. The van der Waals surface area contributed by atoms with Crippen molar-refractivity contribution < 1.29 is 16.8 Å². The Kier molecular flexibility index (Phi) is 8.42. The highest BCUT2D eigenvalue weighted by Gasteiger charge is 2.23. The molecule has 0 spiro atoms. The molecule has 0 saturated carbocycles. The number of nitrogens with one attached hydrogen (secondary N) is 2. The van der Waals surface area contributed by atoms with Crippen molar-refractivity contribution in [1.82, 2.24) is 9.44 Å². The van der Waals surface area contributed by atoms with Gasteiger partial charge < -0.3 is 0 Å². The molecule has 2 unspecified atom stereocenters. The summed E-state index contributed by atoms with van der Waals surface area (Å²) in [6, 6.07) is 8.16. The summed E-state index contributed by atoms with van der Waals surface area (Å²) in [7, 11) is -6.86. The summed E-state index contributed by atoms with van der Waals surface area (Å²) < 4.78 is 50.7. The Morgan fingerprint density at radius 1 is 1.07 bits per heavy atom. The summed E-state index contributed by atoms with van der Waals surface area (Å²) in [5.41, 5.74) is 3.54. The topological polar surface area (TPSA) is 118 Å². The lowest BCUT2D eigenvalue weighted by molar-refractivity contribution is 0.334. The lowest BCUT2D eigenvalue weighted by Gasteiger charge is -2.28. The molecule has 0 radical (unpaired) electrons. The molecule has 164 valence electrons. The Hall–Kier alpha value is -1.26. The Morgan fingerprint density at radius 2 is 1.72 bits per heavy atom. The van der Waals surface area contributed by atoms with Crippen LogP contribution in [0.25, 0.3) is 5.57 Å². The molecule has 9 heteroatoms. The van der Waals surface area contributed by atoms with Crippen molar-refractivity contribution in [3.63, 3.8) is 0 Å². The van der Waals surface area contributed by atoms with Crippen LogP contribution in [-0.4, -0.2) is 35.2 Å². The molecule has 1 aromatic carbocycles. The first kappa shape index (κ1) is 24.0. The SMILES string of the molecule is CC(CNS(=O)(=O)C(C)C)C1CC=C(c2ccc(CCNS(N)(=O)=O)cc2)CC1. The van der Waals surface area contributed by atoms with Gasteiger partial charge in [-0.15, -0.1) is 0 Å². The second-order valence-electron chi connectivity index (χ2n) is 8.07. The summed E-state index contributed by atoms with van der Waals surface area (Å²) in [5.74, 6) is 0.757. The predicted octanol–water partition coefficient (Wildman–Crippen LogP) is 2.17. The third kappa shape index (κ3) is 7.82. The van der Waals surface area contributed by atoms with Crippen LogP contribution in [0.15, 0.2) is 30.3 Å². The fourth-order valence-corrected chi connectivity index (χ4v) is 4.65. The molecule has 7 nitrogen and oxygen atoms in total. The van der Waals surface area contributed by atoms with Crippen molar-refractivity contribution >= 4 is 25.8 Å². The van der Waals surface area contributed by atoms with Crippen LogP contribution in [0.1, 0.15) is 51.2 Å². The van der Waals surface area contributed by atoms with E-state index in [1.807, 2.05) is 12.1 Å². The van der Waals surface area contributed by atoms with E-state index in [9.17, 15) is 16.8 Å². The second-order valence-corrected chi connectivity index (χ2v) is 11.8. The number of rotatable bonds is 10. The zero-order valence-corrected chi connectivity index (χ0v) is 19.0. The molecule has 2 atom stereocenters. The van der Waals surface area contributed by atoms with Gasteiger partial charge in [0.05, 0.1) is 5.25 Å². The maximum Gasteiger partial charge on any atom is 0.274 e. The van der Waals surface area contributed by atoms with Crippen LogP contribution >= 0.6 is 0 Å². The molecule has 0 fully saturated rings. The summed E-state index contributed by atoms with van der Waals surface area (Å²) in [6.07, 6.45) is 5.80. The largest absolute Gasteiger partial charge is 0.274 e. The van der Waals surface area contributed by atoms with Crippen LogP contribution in [0.2, 0.25) is 0 Å². The first-order valence-corrected chi connectivity index (χ1v) is 13.1. The number of hydrogen-bond acceptors (Lipinski definition) is 4. The van der Waals surface area contributed by atoms with Gasteiger partial charge in [-0.25, -0.2) is 23.0 Å². The summed E-state index contributed by atoms with van der Waals surface area (Å²) in [4.78, 5) is 0. The second kappa shape index (κ2) is 10.2. The average Bonchev–Trinajstić information content (AvgIpc) is 2.66. The first-order valence-electron chi connectivity index (χ1n) is 10.0. The summed E-state index contributed by atoms with van der Waals surface area (Å²) in [5, 5.41) is 4.52. The Bertz CT molecular complexity index is 908. The highest BCUT2D eigenvalue weighted by atomic mass is 32.2.